The first-order valence-corrected chi connectivity index (χ1v) is 10.1. The predicted octanol–water partition coefficient (Wildman–Crippen LogP) is 4.53. The Kier molecular flexibility index (Phi) is 6.36. The lowest BCUT2D eigenvalue weighted by atomic mass is 10.0. The number of benzene rings is 2. The number of nitrogens with zero attached hydrogens (tertiary/aromatic N) is 4. The summed E-state index contributed by atoms with van der Waals surface area (Å²) in [5.41, 5.74) is 10.3. The van der Waals surface area contributed by atoms with Crippen LogP contribution in [0.5, 0.6) is 0 Å². The van der Waals surface area contributed by atoms with Crippen molar-refractivity contribution < 1.29 is 0 Å². The first kappa shape index (κ1) is 19.9. The maximum Gasteiger partial charge on any atom is 0.240 e. The Morgan fingerprint density at radius 1 is 1.11 bits per heavy atom. The molecule has 146 valence electrons. The molecule has 1 aromatic heterocycles. The highest BCUT2D eigenvalue weighted by atomic mass is 32.2. The molecule has 0 amide bonds. The molecule has 0 unspecified atom stereocenters. The Hall–Kier alpha value is -2.80. The lowest BCUT2D eigenvalue weighted by molar-refractivity contribution is 0.972. The van der Waals surface area contributed by atoms with Gasteiger partial charge in [-0.15, -0.1) is 5.10 Å². The summed E-state index contributed by atoms with van der Waals surface area (Å²) in [6, 6.07) is 12.6. The van der Waals surface area contributed by atoms with Crippen molar-refractivity contribution in [1.82, 2.24) is 15.2 Å². The van der Waals surface area contributed by atoms with E-state index in [2.05, 4.69) is 75.6 Å². The third kappa shape index (κ3) is 5.13. The van der Waals surface area contributed by atoms with E-state index in [4.69, 9.17) is 0 Å². The van der Waals surface area contributed by atoms with Gasteiger partial charge in [-0.1, -0.05) is 41.6 Å². The van der Waals surface area contributed by atoms with E-state index < -0.39 is 0 Å². The quantitative estimate of drug-likeness (QED) is 0.350. The third-order valence-electron chi connectivity index (χ3n) is 4.44. The highest BCUT2D eigenvalue weighted by molar-refractivity contribution is 7.98. The Balaban J connectivity index is 1.56. The molecule has 0 aliphatic carbocycles. The van der Waals surface area contributed by atoms with Gasteiger partial charge >= 0.3 is 0 Å². The van der Waals surface area contributed by atoms with Crippen molar-refractivity contribution in [3.8, 4) is 0 Å². The van der Waals surface area contributed by atoms with Gasteiger partial charge in [0.2, 0.25) is 11.1 Å². The molecule has 3 aromatic rings. The van der Waals surface area contributed by atoms with Gasteiger partial charge in [-0.2, -0.15) is 10.1 Å². The summed E-state index contributed by atoms with van der Waals surface area (Å²) in [6.45, 7) is 6.43. The number of rotatable bonds is 7. The molecule has 0 saturated carbocycles. The van der Waals surface area contributed by atoms with E-state index in [9.17, 15) is 0 Å². The van der Waals surface area contributed by atoms with Crippen molar-refractivity contribution in [3.05, 3.63) is 64.2 Å². The molecule has 6 nitrogen and oxygen atoms in total. The average molecular weight is 395 g/mol. The van der Waals surface area contributed by atoms with Crippen molar-refractivity contribution >= 4 is 29.6 Å². The fourth-order valence-electron chi connectivity index (χ4n) is 2.96. The lowest BCUT2D eigenvalue weighted by Crippen LogP contribution is -2.08. The second-order valence-electron chi connectivity index (χ2n) is 6.99. The van der Waals surface area contributed by atoms with E-state index in [1.807, 2.05) is 26.2 Å². The Morgan fingerprint density at radius 3 is 2.43 bits per heavy atom. The van der Waals surface area contributed by atoms with E-state index in [0.29, 0.717) is 11.1 Å². The van der Waals surface area contributed by atoms with Crippen LogP contribution in [0.2, 0.25) is 0 Å². The van der Waals surface area contributed by atoms with Crippen LogP contribution in [0.4, 0.5) is 11.6 Å². The molecule has 2 aromatic carbocycles. The summed E-state index contributed by atoms with van der Waals surface area (Å²) in [5, 5.41) is 12.1. The number of H-pyrrole nitrogens is 1. The molecule has 0 fully saturated rings. The van der Waals surface area contributed by atoms with Crippen molar-refractivity contribution in [2.24, 2.45) is 5.10 Å². The Morgan fingerprint density at radius 2 is 1.79 bits per heavy atom. The van der Waals surface area contributed by atoms with Crippen molar-refractivity contribution in [2.75, 3.05) is 24.4 Å². The number of thioether (sulfide) groups is 1. The van der Waals surface area contributed by atoms with E-state index in [0.717, 1.165) is 17.0 Å². The summed E-state index contributed by atoms with van der Waals surface area (Å²) >= 11 is 1.61. The fourth-order valence-corrected chi connectivity index (χ4v) is 3.96. The van der Waals surface area contributed by atoms with E-state index in [1.54, 1.807) is 18.0 Å². The summed E-state index contributed by atoms with van der Waals surface area (Å²) in [6.07, 6.45) is 1.76. The largest absolute Gasteiger partial charge is 0.378 e. The van der Waals surface area contributed by atoms with Crippen LogP contribution < -0.4 is 10.3 Å². The molecule has 0 spiro atoms. The zero-order chi connectivity index (χ0) is 20.1. The molecule has 7 heteroatoms. The van der Waals surface area contributed by atoms with Crippen molar-refractivity contribution in [1.29, 1.82) is 0 Å². The summed E-state index contributed by atoms with van der Waals surface area (Å²) in [7, 11) is 4.04. The molecular weight excluding hydrogens is 368 g/mol. The molecule has 0 atom stereocenters. The predicted molar refractivity (Wildman–Crippen MR) is 119 cm³/mol. The first-order valence-electron chi connectivity index (χ1n) is 9.11. The van der Waals surface area contributed by atoms with Crippen LogP contribution in [-0.4, -0.2) is 35.5 Å². The smallest absolute Gasteiger partial charge is 0.240 e. The highest BCUT2D eigenvalue weighted by Crippen LogP contribution is 2.25. The number of aromatic amines is 1. The first-order chi connectivity index (χ1) is 13.4. The average Bonchev–Trinajstić information content (AvgIpc) is 3.09. The van der Waals surface area contributed by atoms with Gasteiger partial charge in [0, 0.05) is 25.5 Å². The zero-order valence-electron chi connectivity index (χ0n) is 16.9. The number of hydrogen-bond donors (Lipinski definition) is 2. The van der Waals surface area contributed by atoms with Gasteiger partial charge in [0.05, 0.1) is 6.21 Å². The van der Waals surface area contributed by atoms with Crippen molar-refractivity contribution in [3.63, 3.8) is 0 Å². The Labute approximate surface area is 170 Å². The van der Waals surface area contributed by atoms with Crippen LogP contribution in [0.15, 0.2) is 46.7 Å². The molecule has 2 N–H and O–H groups in total. The zero-order valence-corrected chi connectivity index (χ0v) is 17.8. The topological polar surface area (TPSA) is 69.2 Å². The normalized spacial score (nSPS) is 11.2. The molecule has 0 aliphatic heterocycles. The minimum atomic E-state index is 0.529. The second-order valence-corrected chi connectivity index (χ2v) is 7.93. The van der Waals surface area contributed by atoms with Gasteiger partial charge in [0.25, 0.3) is 0 Å². The van der Waals surface area contributed by atoms with Crippen LogP contribution >= 0.6 is 11.8 Å². The van der Waals surface area contributed by atoms with E-state index in [1.165, 1.54) is 22.3 Å². The van der Waals surface area contributed by atoms with Crippen LogP contribution in [0.1, 0.15) is 27.8 Å². The lowest BCUT2D eigenvalue weighted by Gasteiger charge is -2.11. The monoisotopic (exact) mass is 394 g/mol. The molecule has 1 heterocycles. The maximum atomic E-state index is 4.44. The number of anilines is 2. The van der Waals surface area contributed by atoms with Crippen LogP contribution in [-0.2, 0) is 5.75 Å². The fraction of sp³-hybridized carbons (Fsp3) is 0.286. The molecule has 0 aliphatic rings. The molecule has 0 radical (unpaired) electrons. The summed E-state index contributed by atoms with van der Waals surface area (Å²) in [4.78, 5) is 6.50. The van der Waals surface area contributed by atoms with E-state index in [-0.39, 0.29) is 0 Å². The van der Waals surface area contributed by atoms with Gasteiger partial charge in [-0.05, 0) is 55.2 Å². The number of aryl methyl sites for hydroxylation is 3. The number of hydrazone groups is 1. The molecule has 0 bridgehead atoms. The van der Waals surface area contributed by atoms with Crippen LogP contribution in [0.3, 0.4) is 0 Å². The van der Waals surface area contributed by atoms with Crippen LogP contribution in [0.25, 0.3) is 0 Å². The highest BCUT2D eigenvalue weighted by Gasteiger charge is 2.08. The molecular formula is C21H26N6S. The van der Waals surface area contributed by atoms with Crippen LogP contribution in [0, 0.1) is 20.8 Å². The van der Waals surface area contributed by atoms with Gasteiger partial charge < -0.3 is 4.90 Å². The van der Waals surface area contributed by atoms with Crippen molar-refractivity contribution in [2.45, 2.75) is 31.7 Å². The molecule has 28 heavy (non-hydrogen) atoms. The standard InChI is InChI=1S/C21H26N6S/c1-14-10-15(2)19(16(3)11-14)13-28-21-23-20(25-26-21)24-22-12-17-6-8-18(9-7-17)27(4)5/h6-12H,13H2,1-5H3,(H2,23,24,25,26)/b22-12-. The second kappa shape index (κ2) is 8.93. The minimum Gasteiger partial charge on any atom is -0.378 e. The SMILES string of the molecule is Cc1cc(C)c(CSc2n[nH]c(N/N=C\c3ccc(N(C)C)cc3)n2)c(C)c1. The maximum absolute atomic E-state index is 4.44. The summed E-state index contributed by atoms with van der Waals surface area (Å²) < 4.78 is 0. The van der Waals surface area contributed by atoms with Gasteiger partial charge in [-0.3, -0.25) is 0 Å². The van der Waals surface area contributed by atoms with Gasteiger partial charge in [-0.25, -0.2) is 10.5 Å². The number of hydrogen-bond acceptors (Lipinski definition) is 6. The minimum absolute atomic E-state index is 0.529. The van der Waals surface area contributed by atoms with E-state index >= 15 is 0 Å². The Bertz CT molecular complexity index is 936. The van der Waals surface area contributed by atoms with Gasteiger partial charge in [0.1, 0.15) is 0 Å². The molecule has 0 saturated heterocycles. The molecule has 3 rings (SSSR count). The number of aromatic nitrogens is 3. The summed E-state index contributed by atoms with van der Waals surface area (Å²) in [5.74, 6) is 1.37. The number of nitrogens with one attached hydrogen (secondary N) is 2. The third-order valence-corrected chi connectivity index (χ3v) is 5.32. The van der Waals surface area contributed by atoms with Gasteiger partial charge in [0.15, 0.2) is 0 Å².